The number of ether oxygens (including phenoxy) is 1. The van der Waals surface area contributed by atoms with Gasteiger partial charge in [0.15, 0.2) is 5.11 Å². The zero-order valence-corrected chi connectivity index (χ0v) is 15.7. The summed E-state index contributed by atoms with van der Waals surface area (Å²) < 4.78 is 6.58. The van der Waals surface area contributed by atoms with E-state index in [4.69, 9.17) is 17.0 Å². The van der Waals surface area contributed by atoms with Crippen LogP contribution in [-0.2, 0) is 4.74 Å². The van der Waals surface area contributed by atoms with Gasteiger partial charge in [-0.3, -0.25) is 0 Å². The second kappa shape index (κ2) is 7.16. The standard InChI is InChI=1S/C18H17N3O2S2/c1-11-9-19-21(10-11)18(24)20-16-15(17(22)23-3)14(12(2)25-16)13-7-5-4-6-8-13/h4-10H,1-3H3,(H,20,24). The molecule has 25 heavy (non-hydrogen) atoms. The van der Waals surface area contributed by atoms with Crippen LogP contribution in [0.1, 0.15) is 20.8 Å². The van der Waals surface area contributed by atoms with Gasteiger partial charge in [0.05, 0.1) is 13.3 Å². The molecule has 7 heteroatoms. The number of hydrogen-bond acceptors (Lipinski definition) is 5. The van der Waals surface area contributed by atoms with Crippen molar-refractivity contribution in [2.45, 2.75) is 13.8 Å². The Bertz CT molecular complexity index is 929. The zero-order valence-electron chi connectivity index (χ0n) is 14.1. The maximum absolute atomic E-state index is 12.4. The number of carbonyl (C=O) groups is 1. The molecule has 128 valence electrons. The first kappa shape index (κ1) is 17.3. The van der Waals surface area contributed by atoms with Crippen molar-refractivity contribution in [3.8, 4) is 11.1 Å². The first-order valence-electron chi connectivity index (χ1n) is 7.61. The molecule has 0 unspecified atom stereocenters. The Morgan fingerprint density at radius 1 is 1.28 bits per heavy atom. The van der Waals surface area contributed by atoms with E-state index in [9.17, 15) is 4.79 Å². The predicted octanol–water partition coefficient (Wildman–Crippen LogP) is 4.26. The van der Waals surface area contributed by atoms with Crippen molar-refractivity contribution in [1.29, 1.82) is 0 Å². The van der Waals surface area contributed by atoms with Crippen LogP contribution in [0.4, 0.5) is 5.00 Å². The monoisotopic (exact) mass is 371 g/mol. The molecule has 5 nitrogen and oxygen atoms in total. The average molecular weight is 371 g/mol. The summed E-state index contributed by atoms with van der Waals surface area (Å²) in [6.07, 6.45) is 3.55. The number of nitrogens with zero attached hydrogens (tertiary/aromatic N) is 2. The Morgan fingerprint density at radius 2 is 2.00 bits per heavy atom. The third kappa shape index (κ3) is 3.47. The van der Waals surface area contributed by atoms with Gasteiger partial charge in [-0.2, -0.15) is 5.10 Å². The summed E-state index contributed by atoms with van der Waals surface area (Å²) >= 11 is 6.88. The second-order valence-corrected chi connectivity index (χ2v) is 7.10. The van der Waals surface area contributed by atoms with Gasteiger partial charge in [-0.05, 0) is 37.2 Å². The number of hydrogen-bond donors (Lipinski definition) is 1. The minimum atomic E-state index is -0.398. The van der Waals surface area contributed by atoms with Gasteiger partial charge in [-0.15, -0.1) is 11.3 Å². The summed E-state index contributed by atoms with van der Waals surface area (Å²) in [6, 6.07) is 9.77. The van der Waals surface area contributed by atoms with Crippen molar-refractivity contribution < 1.29 is 9.53 Å². The van der Waals surface area contributed by atoms with Crippen molar-refractivity contribution >= 4 is 39.6 Å². The van der Waals surface area contributed by atoms with Crippen LogP contribution in [0.25, 0.3) is 11.1 Å². The molecule has 0 atom stereocenters. The van der Waals surface area contributed by atoms with Crippen LogP contribution in [0.5, 0.6) is 0 Å². The highest BCUT2D eigenvalue weighted by Crippen LogP contribution is 2.40. The summed E-state index contributed by atoms with van der Waals surface area (Å²) in [4.78, 5) is 13.5. The Kier molecular flexibility index (Phi) is 4.96. The van der Waals surface area contributed by atoms with Gasteiger partial charge >= 0.3 is 5.97 Å². The number of rotatable bonds is 3. The minimum Gasteiger partial charge on any atom is -0.465 e. The summed E-state index contributed by atoms with van der Waals surface area (Å²) in [6.45, 7) is 3.92. The first-order valence-corrected chi connectivity index (χ1v) is 8.83. The lowest BCUT2D eigenvalue weighted by Gasteiger charge is -2.09. The maximum Gasteiger partial charge on any atom is 0.341 e. The summed E-state index contributed by atoms with van der Waals surface area (Å²) in [5.74, 6) is -0.398. The summed E-state index contributed by atoms with van der Waals surface area (Å²) in [7, 11) is 1.38. The molecule has 1 aromatic carbocycles. The number of carbonyl (C=O) groups excluding carboxylic acids is 1. The van der Waals surface area contributed by atoms with Crippen molar-refractivity contribution in [2.75, 3.05) is 12.4 Å². The van der Waals surface area contributed by atoms with Crippen molar-refractivity contribution in [2.24, 2.45) is 0 Å². The number of nitrogens with one attached hydrogen (secondary N) is 1. The fraction of sp³-hybridized carbons (Fsp3) is 0.167. The van der Waals surface area contributed by atoms with Gasteiger partial charge in [-0.1, -0.05) is 30.3 Å². The fourth-order valence-corrected chi connectivity index (χ4v) is 3.89. The highest BCUT2D eigenvalue weighted by Gasteiger charge is 2.24. The molecule has 0 saturated carbocycles. The van der Waals surface area contributed by atoms with Crippen LogP contribution in [-0.4, -0.2) is 28.0 Å². The smallest absolute Gasteiger partial charge is 0.341 e. The number of aromatic nitrogens is 2. The van der Waals surface area contributed by atoms with Gasteiger partial charge in [0.25, 0.3) is 0 Å². The number of methoxy groups -OCH3 is 1. The van der Waals surface area contributed by atoms with Crippen LogP contribution in [0.3, 0.4) is 0 Å². The largest absolute Gasteiger partial charge is 0.465 e. The van der Waals surface area contributed by atoms with Crippen LogP contribution in [0, 0.1) is 13.8 Å². The lowest BCUT2D eigenvalue weighted by Crippen LogP contribution is -2.20. The van der Waals surface area contributed by atoms with E-state index in [2.05, 4.69) is 10.4 Å². The Morgan fingerprint density at radius 3 is 2.60 bits per heavy atom. The number of esters is 1. The molecule has 3 aromatic rings. The first-order chi connectivity index (χ1) is 12.0. The van der Waals surface area contributed by atoms with Gasteiger partial charge in [-0.25, -0.2) is 9.48 Å². The highest BCUT2D eigenvalue weighted by molar-refractivity contribution is 7.80. The van der Waals surface area contributed by atoms with Crippen molar-refractivity contribution in [1.82, 2.24) is 9.78 Å². The SMILES string of the molecule is COC(=O)c1c(NC(=S)n2cc(C)cn2)sc(C)c1-c1ccccc1. The number of aryl methyl sites for hydroxylation is 2. The Balaban J connectivity index is 2.05. The lowest BCUT2D eigenvalue weighted by molar-refractivity contribution is 0.0603. The Labute approximate surface area is 155 Å². The van der Waals surface area contributed by atoms with Gasteiger partial charge in [0.1, 0.15) is 10.6 Å². The molecule has 0 aliphatic rings. The van der Waals surface area contributed by atoms with E-state index in [1.165, 1.54) is 18.4 Å². The topological polar surface area (TPSA) is 56.1 Å². The van der Waals surface area contributed by atoms with Crippen LogP contribution >= 0.6 is 23.6 Å². The summed E-state index contributed by atoms with van der Waals surface area (Å²) in [5, 5.41) is 8.39. The molecular formula is C18H17N3O2S2. The van der Waals surface area contributed by atoms with E-state index in [-0.39, 0.29) is 0 Å². The molecule has 3 rings (SSSR count). The van der Waals surface area contributed by atoms with Crippen molar-refractivity contribution in [3.63, 3.8) is 0 Å². The number of thiophene rings is 1. The van der Waals surface area contributed by atoms with Crippen LogP contribution in [0.15, 0.2) is 42.7 Å². The molecule has 2 heterocycles. The highest BCUT2D eigenvalue weighted by atomic mass is 32.1. The number of benzene rings is 1. The molecule has 0 amide bonds. The van der Waals surface area contributed by atoms with Crippen molar-refractivity contribution in [3.05, 3.63) is 58.7 Å². The molecule has 1 N–H and O–H groups in total. The normalized spacial score (nSPS) is 10.5. The van der Waals surface area contributed by atoms with E-state index in [0.717, 1.165) is 21.6 Å². The lowest BCUT2D eigenvalue weighted by atomic mass is 10.0. The predicted molar refractivity (Wildman–Crippen MR) is 104 cm³/mol. The third-order valence-corrected chi connectivity index (χ3v) is 4.99. The quantitative estimate of drug-likeness (QED) is 0.551. The second-order valence-electron chi connectivity index (χ2n) is 5.49. The summed E-state index contributed by atoms with van der Waals surface area (Å²) in [5.41, 5.74) is 3.32. The zero-order chi connectivity index (χ0) is 18.0. The number of anilines is 1. The minimum absolute atomic E-state index is 0.398. The van der Waals surface area contributed by atoms with E-state index < -0.39 is 5.97 Å². The fourth-order valence-electron chi connectivity index (χ4n) is 2.56. The van der Waals surface area contributed by atoms with Gasteiger partial charge in [0, 0.05) is 16.6 Å². The van der Waals surface area contributed by atoms with Crippen LogP contribution < -0.4 is 5.32 Å². The molecule has 0 saturated heterocycles. The number of thiocarbonyl (C=S) groups is 1. The molecular weight excluding hydrogens is 354 g/mol. The molecule has 0 radical (unpaired) electrons. The molecule has 0 aliphatic heterocycles. The van der Waals surface area contributed by atoms with Crippen LogP contribution in [0.2, 0.25) is 0 Å². The molecule has 2 aromatic heterocycles. The average Bonchev–Trinajstić information content (AvgIpc) is 3.18. The van der Waals surface area contributed by atoms with Gasteiger partial charge in [0.2, 0.25) is 0 Å². The Hall–Kier alpha value is -2.51. The molecule has 0 bridgehead atoms. The molecule has 0 aliphatic carbocycles. The maximum atomic E-state index is 12.4. The van der Waals surface area contributed by atoms with E-state index in [1.54, 1.807) is 10.9 Å². The molecule has 0 spiro atoms. The van der Waals surface area contributed by atoms with E-state index in [0.29, 0.717) is 15.7 Å². The third-order valence-electron chi connectivity index (χ3n) is 3.68. The molecule has 0 fully saturated rings. The van der Waals surface area contributed by atoms with E-state index in [1.807, 2.05) is 50.4 Å². The van der Waals surface area contributed by atoms with E-state index >= 15 is 0 Å². The van der Waals surface area contributed by atoms with Gasteiger partial charge < -0.3 is 10.1 Å².